The van der Waals surface area contributed by atoms with Crippen LogP contribution in [0.25, 0.3) is 0 Å². The maximum Gasteiger partial charge on any atom is 0.218 e. The minimum Gasteiger partial charge on any atom is -0.319 e. The summed E-state index contributed by atoms with van der Waals surface area (Å²) in [5.41, 5.74) is 0.483. The van der Waals surface area contributed by atoms with E-state index in [1.165, 1.54) is 0 Å². The summed E-state index contributed by atoms with van der Waals surface area (Å²) >= 11 is 12.2. The number of rotatable bonds is 5. The molecule has 0 spiro atoms. The highest BCUT2D eigenvalue weighted by atomic mass is 35.5. The number of benzene rings is 1. The van der Waals surface area contributed by atoms with Crippen molar-refractivity contribution in [2.24, 2.45) is 5.92 Å². The predicted molar refractivity (Wildman–Crippen MR) is 87.3 cm³/mol. The summed E-state index contributed by atoms with van der Waals surface area (Å²) in [5, 5.41) is 3.91. The second kappa shape index (κ2) is 7.29. The lowest BCUT2D eigenvalue weighted by Crippen LogP contribution is -2.42. The maximum atomic E-state index is 12.6. The summed E-state index contributed by atoms with van der Waals surface area (Å²) in [6.07, 6.45) is 1.95. The lowest BCUT2D eigenvalue weighted by molar-refractivity contribution is 0.263. The SMILES string of the molecule is CNCC1CCCN(S(=O)(=O)Cc2c(Cl)cccc2Cl)C1. The third-order valence-corrected chi connectivity index (χ3v) is 6.24. The Morgan fingerprint density at radius 3 is 2.62 bits per heavy atom. The van der Waals surface area contributed by atoms with Crippen LogP contribution in [0.1, 0.15) is 18.4 Å². The van der Waals surface area contributed by atoms with Gasteiger partial charge in [0.2, 0.25) is 10.0 Å². The van der Waals surface area contributed by atoms with E-state index in [2.05, 4.69) is 5.32 Å². The van der Waals surface area contributed by atoms with Crippen LogP contribution in [0.3, 0.4) is 0 Å². The zero-order chi connectivity index (χ0) is 15.5. The van der Waals surface area contributed by atoms with Gasteiger partial charge in [0.05, 0.1) is 5.75 Å². The Morgan fingerprint density at radius 1 is 1.33 bits per heavy atom. The first-order chi connectivity index (χ1) is 9.94. The first-order valence-corrected chi connectivity index (χ1v) is 9.36. The van der Waals surface area contributed by atoms with E-state index in [1.807, 2.05) is 7.05 Å². The monoisotopic (exact) mass is 350 g/mol. The number of nitrogens with zero attached hydrogens (tertiary/aromatic N) is 1. The minimum absolute atomic E-state index is 0.141. The molecule has 0 aromatic heterocycles. The molecule has 118 valence electrons. The Balaban J connectivity index is 2.14. The molecule has 1 saturated heterocycles. The zero-order valence-electron chi connectivity index (χ0n) is 12.0. The van der Waals surface area contributed by atoms with Crippen molar-refractivity contribution in [3.63, 3.8) is 0 Å². The third kappa shape index (κ3) is 4.33. The average molecular weight is 351 g/mol. The van der Waals surface area contributed by atoms with Crippen molar-refractivity contribution >= 4 is 33.2 Å². The van der Waals surface area contributed by atoms with Gasteiger partial charge in [0.25, 0.3) is 0 Å². The van der Waals surface area contributed by atoms with Crippen molar-refractivity contribution in [1.29, 1.82) is 0 Å². The van der Waals surface area contributed by atoms with E-state index in [0.29, 0.717) is 34.6 Å². The smallest absolute Gasteiger partial charge is 0.218 e. The van der Waals surface area contributed by atoms with Crippen molar-refractivity contribution in [3.8, 4) is 0 Å². The van der Waals surface area contributed by atoms with Crippen LogP contribution in [0, 0.1) is 5.92 Å². The number of nitrogens with one attached hydrogen (secondary N) is 1. The highest BCUT2D eigenvalue weighted by Crippen LogP contribution is 2.28. The van der Waals surface area contributed by atoms with Gasteiger partial charge in [-0.25, -0.2) is 12.7 Å². The van der Waals surface area contributed by atoms with Gasteiger partial charge in [-0.15, -0.1) is 0 Å². The fourth-order valence-corrected chi connectivity index (χ4v) is 5.07. The number of piperidine rings is 1. The molecule has 1 N–H and O–H groups in total. The van der Waals surface area contributed by atoms with Crippen LogP contribution in [0.5, 0.6) is 0 Å². The van der Waals surface area contributed by atoms with Gasteiger partial charge in [-0.05, 0) is 44.5 Å². The molecule has 1 aromatic carbocycles. The quantitative estimate of drug-likeness (QED) is 0.888. The molecule has 1 aromatic rings. The Morgan fingerprint density at radius 2 is 2.00 bits per heavy atom. The molecule has 0 bridgehead atoms. The van der Waals surface area contributed by atoms with Crippen molar-refractivity contribution in [3.05, 3.63) is 33.8 Å². The first-order valence-electron chi connectivity index (χ1n) is 6.99. The van der Waals surface area contributed by atoms with Crippen LogP contribution < -0.4 is 5.32 Å². The summed E-state index contributed by atoms with van der Waals surface area (Å²) < 4.78 is 26.8. The average Bonchev–Trinajstić information content (AvgIpc) is 2.44. The van der Waals surface area contributed by atoms with E-state index in [9.17, 15) is 8.42 Å². The van der Waals surface area contributed by atoms with Crippen molar-refractivity contribution in [2.75, 3.05) is 26.7 Å². The maximum absolute atomic E-state index is 12.6. The fourth-order valence-electron chi connectivity index (χ4n) is 2.68. The molecule has 21 heavy (non-hydrogen) atoms. The third-order valence-electron chi connectivity index (χ3n) is 3.76. The van der Waals surface area contributed by atoms with E-state index < -0.39 is 10.0 Å². The fraction of sp³-hybridized carbons (Fsp3) is 0.571. The molecular weight excluding hydrogens is 331 g/mol. The van der Waals surface area contributed by atoms with Gasteiger partial charge in [0.15, 0.2) is 0 Å². The first kappa shape index (κ1) is 17.0. The summed E-state index contributed by atoms with van der Waals surface area (Å²) in [4.78, 5) is 0. The molecule has 0 radical (unpaired) electrons. The number of halogens is 2. The molecule has 7 heteroatoms. The van der Waals surface area contributed by atoms with Crippen molar-refractivity contribution in [2.45, 2.75) is 18.6 Å². The summed E-state index contributed by atoms with van der Waals surface area (Å²) in [7, 11) is -1.51. The van der Waals surface area contributed by atoms with Gasteiger partial charge >= 0.3 is 0 Å². The van der Waals surface area contributed by atoms with Crippen LogP contribution in [-0.2, 0) is 15.8 Å². The van der Waals surface area contributed by atoms with Gasteiger partial charge in [-0.3, -0.25) is 0 Å². The Kier molecular flexibility index (Phi) is 5.91. The van der Waals surface area contributed by atoms with Crippen LogP contribution in [0.2, 0.25) is 10.0 Å². The van der Waals surface area contributed by atoms with Gasteiger partial charge in [-0.2, -0.15) is 0 Å². The lowest BCUT2D eigenvalue weighted by Gasteiger charge is -2.32. The number of sulfonamides is 1. The Hall–Kier alpha value is -0.330. The van der Waals surface area contributed by atoms with E-state index in [0.717, 1.165) is 19.4 Å². The predicted octanol–water partition coefficient (Wildman–Crippen LogP) is 2.75. The zero-order valence-corrected chi connectivity index (χ0v) is 14.3. The van der Waals surface area contributed by atoms with Gasteiger partial charge < -0.3 is 5.32 Å². The lowest BCUT2D eigenvalue weighted by atomic mass is 10.00. The highest BCUT2D eigenvalue weighted by molar-refractivity contribution is 7.88. The molecule has 1 aliphatic rings. The summed E-state index contributed by atoms with van der Waals surface area (Å²) in [6, 6.07) is 5.04. The molecule has 4 nitrogen and oxygen atoms in total. The largest absolute Gasteiger partial charge is 0.319 e. The Labute approximate surface area is 136 Å². The van der Waals surface area contributed by atoms with E-state index in [-0.39, 0.29) is 5.75 Å². The van der Waals surface area contributed by atoms with Gasteiger partial charge in [0.1, 0.15) is 0 Å². The topological polar surface area (TPSA) is 49.4 Å². The molecule has 1 heterocycles. The molecule has 1 fully saturated rings. The molecule has 2 rings (SSSR count). The molecule has 1 atom stereocenters. The minimum atomic E-state index is -3.40. The van der Waals surface area contributed by atoms with Gasteiger partial charge in [-0.1, -0.05) is 29.3 Å². The van der Waals surface area contributed by atoms with Crippen LogP contribution in [0.4, 0.5) is 0 Å². The van der Waals surface area contributed by atoms with Crippen LogP contribution in [0.15, 0.2) is 18.2 Å². The number of hydrogen-bond donors (Lipinski definition) is 1. The van der Waals surface area contributed by atoms with Crippen molar-refractivity contribution < 1.29 is 8.42 Å². The summed E-state index contributed by atoms with van der Waals surface area (Å²) in [6.45, 7) is 1.97. The van der Waals surface area contributed by atoms with Gasteiger partial charge in [0, 0.05) is 28.7 Å². The summed E-state index contributed by atoms with van der Waals surface area (Å²) in [5.74, 6) is 0.220. The van der Waals surface area contributed by atoms with E-state index in [1.54, 1.807) is 22.5 Å². The second-order valence-corrected chi connectivity index (χ2v) is 8.16. The second-order valence-electron chi connectivity index (χ2n) is 5.38. The van der Waals surface area contributed by atoms with Crippen LogP contribution >= 0.6 is 23.2 Å². The molecule has 0 saturated carbocycles. The van der Waals surface area contributed by atoms with E-state index >= 15 is 0 Å². The normalized spacial score (nSPS) is 20.6. The molecule has 1 unspecified atom stereocenters. The standard InChI is InChI=1S/C14H20Cl2N2O2S/c1-17-8-11-4-3-7-18(9-11)21(19,20)10-12-13(15)5-2-6-14(12)16/h2,5-6,11,17H,3-4,7-10H2,1H3. The van der Waals surface area contributed by atoms with Crippen molar-refractivity contribution in [1.82, 2.24) is 9.62 Å². The highest BCUT2D eigenvalue weighted by Gasteiger charge is 2.29. The molecule has 1 aliphatic heterocycles. The molecular formula is C14H20Cl2N2O2S. The molecule has 0 amide bonds. The van der Waals surface area contributed by atoms with Crippen LogP contribution in [-0.4, -0.2) is 39.4 Å². The van der Waals surface area contributed by atoms with E-state index in [4.69, 9.17) is 23.2 Å². The number of hydrogen-bond acceptors (Lipinski definition) is 3. The molecule has 0 aliphatic carbocycles. The Bertz CT molecular complexity index is 570.